The van der Waals surface area contributed by atoms with Gasteiger partial charge in [-0.3, -0.25) is 4.79 Å². The van der Waals surface area contributed by atoms with E-state index >= 15 is 0 Å². The maximum absolute atomic E-state index is 11.7. The van der Waals surface area contributed by atoms with Gasteiger partial charge in [-0.25, -0.2) is 0 Å². The molecular formula is C10H21N3O2. The monoisotopic (exact) mass is 215 g/mol. The van der Waals surface area contributed by atoms with Crippen molar-refractivity contribution in [3.8, 4) is 0 Å². The smallest absolute Gasteiger partial charge is 0.239 e. The maximum atomic E-state index is 11.7. The molecule has 1 heterocycles. The lowest BCUT2D eigenvalue weighted by Crippen LogP contribution is -2.52. The number of hydrogen-bond donors (Lipinski definition) is 1. The Morgan fingerprint density at radius 2 is 2.33 bits per heavy atom. The Hall–Kier alpha value is -0.650. The second-order valence-corrected chi connectivity index (χ2v) is 4.33. The zero-order chi connectivity index (χ0) is 11.4. The standard InChI is InChI=1S/C10H21N3O2/c1-8(11)10(14)13-4-5-15-9(7-13)6-12(2)3/h8-9H,4-7,11H2,1-3H3/t8-,9?/m1/s1. The number of hydrogen-bond acceptors (Lipinski definition) is 4. The number of ether oxygens (including phenoxy) is 1. The first-order valence-corrected chi connectivity index (χ1v) is 5.31. The minimum absolute atomic E-state index is 0.0158. The highest BCUT2D eigenvalue weighted by Gasteiger charge is 2.25. The SMILES string of the molecule is C[C@@H](N)C(=O)N1CCOC(CN(C)C)C1. The van der Waals surface area contributed by atoms with Gasteiger partial charge in [0.2, 0.25) is 5.91 Å². The Labute approximate surface area is 91.2 Å². The normalized spacial score (nSPS) is 24.3. The van der Waals surface area contributed by atoms with Crippen molar-refractivity contribution in [2.24, 2.45) is 5.73 Å². The minimum atomic E-state index is -0.414. The summed E-state index contributed by atoms with van der Waals surface area (Å²) in [6.45, 7) is 4.47. The highest BCUT2D eigenvalue weighted by Crippen LogP contribution is 2.07. The molecule has 1 amide bonds. The molecule has 0 radical (unpaired) electrons. The molecule has 2 atom stereocenters. The summed E-state index contributed by atoms with van der Waals surface area (Å²) < 4.78 is 5.57. The highest BCUT2D eigenvalue weighted by molar-refractivity contribution is 5.81. The van der Waals surface area contributed by atoms with Crippen LogP contribution in [0.2, 0.25) is 0 Å². The van der Waals surface area contributed by atoms with E-state index in [1.165, 1.54) is 0 Å². The van der Waals surface area contributed by atoms with Gasteiger partial charge < -0.3 is 20.3 Å². The molecule has 5 heteroatoms. The van der Waals surface area contributed by atoms with Crippen molar-refractivity contribution < 1.29 is 9.53 Å². The molecule has 0 aromatic heterocycles. The molecule has 1 rings (SSSR count). The van der Waals surface area contributed by atoms with Gasteiger partial charge in [-0.2, -0.15) is 0 Å². The zero-order valence-electron chi connectivity index (χ0n) is 9.77. The quantitative estimate of drug-likeness (QED) is 0.664. The van der Waals surface area contributed by atoms with Gasteiger partial charge in [0.25, 0.3) is 0 Å². The van der Waals surface area contributed by atoms with Crippen molar-refractivity contribution in [2.45, 2.75) is 19.1 Å². The van der Waals surface area contributed by atoms with E-state index in [2.05, 4.69) is 4.90 Å². The number of rotatable bonds is 3. The molecule has 0 bridgehead atoms. The lowest BCUT2D eigenvalue weighted by atomic mass is 10.2. The molecular weight excluding hydrogens is 194 g/mol. The third kappa shape index (κ3) is 3.77. The second-order valence-electron chi connectivity index (χ2n) is 4.33. The van der Waals surface area contributed by atoms with E-state index in [1.807, 2.05) is 14.1 Å². The molecule has 0 aliphatic carbocycles. The molecule has 0 aromatic rings. The van der Waals surface area contributed by atoms with E-state index in [4.69, 9.17) is 10.5 Å². The van der Waals surface area contributed by atoms with Gasteiger partial charge in [0, 0.05) is 19.6 Å². The molecule has 1 fully saturated rings. The van der Waals surface area contributed by atoms with Gasteiger partial charge in [0.05, 0.1) is 18.8 Å². The van der Waals surface area contributed by atoms with Crippen LogP contribution in [0.4, 0.5) is 0 Å². The summed E-state index contributed by atoms with van der Waals surface area (Å²) in [4.78, 5) is 15.5. The number of likely N-dealkylation sites (N-methyl/N-ethyl adjacent to an activating group) is 1. The van der Waals surface area contributed by atoms with Crippen molar-refractivity contribution >= 4 is 5.91 Å². The molecule has 88 valence electrons. The summed E-state index contributed by atoms with van der Waals surface area (Å²) in [5.74, 6) is 0.0158. The summed E-state index contributed by atoms with van der Waals surface area (Å²) in [6, 6.07) is -0.414. The van der Waals surface area contributed by atoms with Crippen LogP contribution in [0.3, 0.4) is 0 Å². The molecule has 15 heavy (non-hydrogen) atoms. The summed E-state index contributed by atoms with van der Waals surface area (Å²) in [5.41, 5.74) is 5.57. The Bertz CT molecular complexity index is 219. The molecule has 0 aromatic carbocycles. The molecule has 5 nitrogen and oxygen atoms in total. The molecule has 1 aliphatic heterocycles. The number of amides is 1. The van der Waals surface area contributed by atoms with Crippen LogP contribution < -0.4 is 5.73 Å². The van der Waals surface area contributed by atoms with E-state index in [0.29, 0.717) is 19.7 Å². The van der Waals surface area contributed by atoms with E-state index < -0.39 is 6.04 Å². The molecule has 0 saturated carbocycles. The summed E-state index contributed by atoms with van der Waals surface area (Å²) in [7, 11) is 3.99. The van der Waals surface area contributed by atoms with Crippen LogP contribution >= 0.6 is 0 Å². The zero-order valence-corrected chi connectivity index (χ0v) is 9.77. The Kier molecular flexibility index (Phi) is 4.50. The first kappa shape index (κ1) is 12.4. The van der Waals surface area contributed by atoms with E-state index in [9.17, 15) is 4.79 Å². The molecule has 0 spiro atoms. The fourth-order valence-electron chi connectivity index (χ4n) is 1.73. The van der Waals surface area contributed by atoms with Crippen molar-refractivity contribution in [1.82, 2.24) is 9.80 Å². The molecule has 1 unspecified atom stereocenters. The largest absolute Gasteiger partial charge is 0.373 e. The average Bonchev–Trinajstić information content (AvgIpc) is 2.16. The van der Waals surface area contributed by atoms with Crippen molar-refractivity contribution in [3.63, 3.8) is 0 Å². The first-order chi connectivity index (χ1) is 7.00. The van der Waals surface area contributed by atoms with Crippen LogP contribution in [-0.2, 0) is 9.53 Å². The molecule has 1 aliphatic rings. The Balaban J connectivity index is 2.45. The van der Waals surface area contributed by atoms with Gasteiger partial charge in [-0.05, 0) is 21.0 Å². The average molecular weight is 215 g/mol. The minimum Gasteiger partial charge on any atom is -0.373 e. The first-order valence-electron chi connectivity index (χ1n) is 5.31. The number of nitrogens with zero attached hydrogens (tertiary/aromatic N) is 2. The summed E-state index contributed by atoms with van der Waals surface area (Å²) in [5, 5.41) is 0. The topological polar surface area (TPSA) is 58.8 Å². The fraction of sp³-hybridized carbons (Fsp3) is 0.900. The van der Waals surface area contributed by atoms with Gasteiger partial charge >= 0.3 is 0 Å². The van der Waals surface area contributed by atoms with Crippen molar-refractivity contribution in [2.75, 3.05) is 40.3 Å². The van der Waals surface area contributed by atoms with Crippen LogP contribution in [0, 0.1) is 0 Å². The van der Waals surface area contributed by atoms with Gasteiger partial charge in [-0.1, -0.05) is 0 Å². The number of carbonyl (C=O) groups excluding carboxylic acids is 1. The number of morpholine rings is 1. The predicted molar refractivity (Wildman–Crippen MR) is 58.5 cm³/mol. The Morgan fingerprint density at radius 1 is 1.67 bits per heavy atom. The van der Waals surface area contributed by atoms with Gasteiger partial charge in [0.1, 0.15) is 0 Å². The van der Waals surface area contributed by atoms with E-state index in [1.54, 1.807) is 11.8 Å². The Morgan fingerprint density at radius 3 is 2.87 bits per heavy atom. The molecule has 1 saturated heterocycles. The highest BCUT2D eigenvalue weighted by atomic mass is 16.5. The lowest BCUT2D eigenvalue weighted by Gasteiger charge is -2.35. The van der Waals surface area contributed by atoms with Gasteiger partial charge in [0.15, 0.2) is 0 Å². The van der Waals surface area contributed by atoms with E-state index in [-0.39, 0.29) is 12.0 Å². The third-order valence-corrected chi connectivity index (χ3v) is 2.41. The number of nitrogens with two attached hydrogens (primary N) is 1. The van der Waals surface area contributed by atoms with Crippen LogP contribution in [-0.4, -0.2) is 68.2 Å². The number of carbonyl (C=O) groups is 1. The van der Waals surface area contributed by atoms with Crippen molar-refractivity contribution in [1.29, 1.82) is 0 Å². The predicted octanol–water partition coefficient (Wildman–Crippen LogP) is -0.877. The second kappa shape index (κ2) is 5.44. The van der Waals surface area contributed by atoms with Crippen LogP contribution in [0.25, 0.3) is 0 Å². The lowest BCUT2D eigenvalue weighted by molar-refractivity contribution is -0.140. The molecule has 2 N–H and O–H groups in total. The summed E-state index contributed by atoms with van der Waals surface area (Å²) in [6.07, 6.45) is 0.108. The van der Waals surface area contributed by atoms with Gasteiger partial charge in [-0.15, -0.1) is 0 Å². The van der Waals surface area contributed by atoms with Crippen LogP contribution in [0.5, 0.6) is 0 Å². The van der Waals surface area contributed by atoms with E-state index in [0.717, 1.165) is 6.54 Å². The van der Waals surface area contributed by atoms with Crippen molar-refractivity contribution in [3.05, 3.63) is 0 Å². The van der Waals surface area contributed by atoms with Crippen LogP contribution in [0.15, 0.2) is 0 Å². The maximum Gasteiger partial charge on any atom is 0.239 e. The van der Waals surface area contributed by atoms with Crippen LogP contribution in [0.1, 0.15) is 6.92 Å². The fourth-order valence-corrected chi connectivity index (χ4v) is 1.73. The third-order valence-electron chi connectivity index (χ3n) is 2.41. The summed E-state index contributed by atoms with van der Waals surface area (Å²) >= 11 is 0.